The molecule has 0 N–H and O–H groups in total. The second kappa shape index (κ2) is 6.68. The standard InChI is InChI=1S/C14H18ClN3O/c1-3-4-13-16-14(19-17-13)10-18(2)9-11-5-7-12(15)8-6-11/h5-8H,3-4,9-10H2,1-2H3. The summed E-state index contributed by atoms with van der Waals surface area (Å²) in [7, 11) is 2.03. The Hall–Kier alpha value is -1.39. The first kappa shape index (κ1) is 14.0. The third kappa shape index (κ3) is 4.33. The summed E-state index contributed by atoms with van der Waals surface area (Å²) in [5, 5.41) is 4.70. The number of rotatable bonds is 6. The van der Waals surface area contributed by atoms with Crippen molar-refractivity contribution < 1.29 is 4.52 Å². The molecule has 5 heteroatoms. The zero-order chi connectivity index (χ0) is 13.7. The van der Waals surface area contributed by atoms with Crippen molar-refractivity contribution in [2.45, 2.75) is 32.9 Å². The fourth-order valence-corrected chi connectivity index (χ4v) is 1.99. The third-order valence-electron chi connectivity index (χ3n) is 2.75. The van der Waals surface area contributed by atoms with Crippen LogP contribution in [0.4, 0.5) is 0 Å². The van der Waals surface area contributed by atoms with E-state index in [2.05, 4.69) is 22.0 Å². The Balaban J connectivity index is 1.89. The molecule has 0 aliphatic heterocycles. The van der Waals surface area contributed by atoms with Crippen molar-refractivity contribution >= 4 is 11.6 Å². The molecular formula is C14H18ClN3O. The fourth-order valence-electron chi connectivity index (χ4n) is 1.87. The van der Waals surface area contributed by atoms with Gasteiger partial charge in [0.1, 0.15) is 0 Å². The molecule has 1 heterocycles. The van der Waals surface area contributed by atoms with Gasteiger partial charge in [0.15, 0.2) is 5.82 Å². The molecule has 0 unspecified atom stereocenters. The predicted octanol–water partition coefficient (Wildman–Crippen LogP) is 3.31. The molecule has 0 saturated carbocycles. The Morgan fingerprint density at radius 3 is 2.63 bits per heavy atom. The van der Waals surface area contributed by atoms with E-state index in [1.54, 1.807) is 0 Å². The summed E-state index contributed by atoms with van der Waals surface area (Å²) < 4.78 is 5.22. The van der Waals surface area contributed by atoms with E-state index in [1.807, 2.05) is 31.3 Å². The summed E-state index contributed by atoms with van der Waals surface area (Å²) in [6, 6.07) is 7.85. The lowest BCUT2D eigenvalue weighted by molar-refractivity contribution is 0.260. The van der Waals surface area contributed by atoms with Crippen molar-refractivity contribution in [3.05, 3.63) is 46.6 Å². The first-order valence-electron chi connectivity index (χ1n) is 6.42. The number of nitrogens with zero attached hydrogens (tertiary/aromatic N) is 3. The van der Waals surface area contributed by atoms with E-state index in [4.69, 9.17) is 16.1 Å². The number of hydrogen-bond acceptors (Lipinski definition) is 4. The molecule has 0 bridgehead atoms. The van der Waals surface area contributed by atoms with Gasteiger partial charge in [-0.2, -0.15) is 4.98 Å². The molecule has 4 nitrogen and oxygen atoms in total. The maximum absolute atomic E-state index is 5.86. The number of hydrogen-bond donors (Lipinski definition) is 0. The van der Waals surface area contributed by atoms with Gasteiger partial charge in [0, 0.05) is 18.0 Å². The number of benzene rings is 1. The first-order valence-corrected chi connectivity index (χ1v) is 6.79. The quantitative estimate of drug-likeness (QED) is 0.814. The molecule has 0 amide bonds. The normalized spacial score (nSPS) is 11.2. The lowest BCUT2D eigenvalue weighted by Crippen LogP contribution is -2.17. The highest BCUT2D eigenvalue weighted by atomic mass is 35.5. The summed E-state index contributed by atoms with van der Waals surface area (Å²) in [4.78, 5) is 6.49. The van der Waals surface area contributed by atoms with Crippen molar-refractivity contribution in [3.8, 4) is 0 Å². The number of halogens is 1. The van der Waals surface area contributed by atoms with Crippen LogP contribution in [0.1, 0.15) is 30.6 Å². The highest BCUT2D eigenvalue weighted by Gasteiger charge is 2.09. The third-order valence-corrected chi connectivity index (χ3v) is 3.01. The van der Waals surface area contributed by atoms with Crippen LogP contribution in [-0.2, 0) is 19.5 Å². The van der Waals surface area contributed by atoms with Crippen molar-refractivity contribution in [2.75, 3.05) is 7.05 Å². The van der Waals surface area contributed by atoms with Gasteiger partial charge >= 0.3 is 0 Å². The molecular weight excluding hydrogens is 262 g/mol. The molecule has 0 aliphatic rings. The monoisotopic (exact) mass is 279 g/mol. The van der Waals surface area contributed by atoms with Gasteiger partial charge in [-0.05, 0) is 31.2 Å². The maximum atomic E-state index is 5.86. The van der Waals surface area contributed by atoms with Crippen molar-refractivity contribution in [1.82, 2.24) is 15.0 Å². The van der Waals surface area contributed by atoms with Crippen LogP contribution < -0.4 is 0 Å². The smallest absolute Gasteiger partial charge is 0.240 e. The van der Waals surface area contributed by atoms with Crippen LogP contribution in [-0.4, -0.2) is 22.1 Å². The molecule has 2 rings (SSSR count). The highest BCUT2D eigenvalue weighted by molar-refractivity contribution is 6.30. The van der Waals surface area contributed by atoms with Crippen LogP contribution in [0.3, 0.4) is 0 Å². The number of aryl methyl sites for hydroxylation is 1. The summed E-state index contributed by atoms with van der Waals surface area (Å²) in [6.07, 6.45) is 1.89. The van der Waals surface area contributed by atoms with Gasteiger partial charge in [0.05, 0.1) is 6.54 Å². The van der Waals surface area contributed by atoms with Crippen molar-refractivity contribution in [1.29, 1.82) is 0 Å². The van der Waals surface area contributed by atoms with Crippen LogP contribution in [0, 0.1) is 0 Å². The SMILES string of the molecule is CCCc1noc(CN(C)Cc2ccc(Cl)cc2)n1. The summed E-state index contributed by atoms with van der Waals surface area (Å²) in [5.74, 6) is 1.46. The zero-order valence-corrected chi connectivity index (χ0v) is 12.0. The highest BCUT2D eigenvalue weighted by Crippen LogP contribution is 2.12. The van der Waals surface area contributed by atoms with E-state index in [0.29, 0.717) is 12.4 Å². The molecule has 0 atom stereocenters. The van der Waals surface area contributed by atoms with Gasteiger partial charge in [0.25, 0.3) is 0 Å². The molecule has 0 radical (unpaired) electrons. The van der Waals surface area contributed by atoms with Crippen LogP contribution in [0.25, 0.3) is 0 Å². The second-order valence-corrected chi connectivity index (χ2v) is 5.09. The molecule has 2 aromatic rings. The van der Waals surface area contributed by atoms with Gasteiger partial charge in [0.2, 0.25) is 5.89 Å². The van der Waals surface area contributed by atoms with Gasteiger partial charge in [-0.15, -0.1) is 0 Å². The van der Waals surface area contributed by atoms with Gasteiger partial charge in [-0.25, -0.2) is 0 Å². The largest absolute Gasteiger partial charge is 0.338 e. The van der Waals surface area contributed by atoms with Crippen LogP contribution in [0.5, 0.6) is 0 Å². The molecule has 102 valence electrons. The van der Waals surface area contributed by atoms with Gasteiger partial charge in [-0.3, -0.25) is 4.90 Å². The lowest BCUT2D eigenvalue weighted by atomic mass is 10.2. The molecule has 0 spiro atoms. The minimum absolute atomic E-state index is 0.652. The van der Waals surface area contributed by atoms with E-state index in [0.717, 1.165) is 30.2 Å². The average Bonchev–Trinajstić information content (AvgIpc) is 2.80. The molecule has 0 aliphatic carbocycles. The Morgan fingerprint density at radius 2 is 1.95 bits per heavy atom. The topological polar surface area (TPSA) is 42.2 Å². The average molecular weight is 280 g/mol. The van der Waals surface area contributed by atoms with Gasteiger partial charge in [-0.1, -0.05) is 35.8 Å². The zero-order valence-electron chi connectivity index (χ0n) is 11.3. The number of aromatic nitrogens is 2. The molecule has 1 aromatic carbocycles. The predicted molar refractivity (Wildman–Crippen MR) is 74.9 cm³/mol. The summed E-state index contributed by atoms with van der Waals surface area (Å²) in [5.41, 5.74) is 1.21. The van der Waals surface area contributed by atoms with Crippen LogP contribution in [0.2, 0.25) is 5.02 Å². The van der Waals surface area contributed by atoms with Crippen molar-refractivity contribution in [3.63, 3.8) is 0 Å². The molecule has 0 fully saturated rings. The first-order chi connectivity index (χ1) is 9.17. The lowest BCUT2D eigenvalue weighted by Gasteiger charge is -2.13. The molecule has 1 aromatic heterocycles. The van der Waals surface area contributed by atoms with E-state index in [9.17, 15) is 0 Å². The molecule has 0 saturated heterocycles. The minimum Gasteiger partial charge on any atom is -0.338 e. The van der Waals surface area contributed by atoms with E-state index in [-0.39, 0.29) is 0 Å². The van der Waals surface area contributed by atoms with Crippen LogP contribution >= 0.6 is 11.6 Å². The van der Waals surface area contributed by atoms with Crippen LogP contribution in [0.15, 0.2) is 28.8 Å². The second-order valence-electron chi connectivity index (χ2n) is 4.65. The van der Waals surface area contributed by atoms with E-state index >= 15 is 0 Å². The van der Waals surface area contributed by atoms with Gasteiger partial charge < -0.3 is 4.52 Å². The minimum atomic E-state index is 0.652. The Morgan fingerprint density at radius 1 is 1.21 bits per heavy atom. The Bertz CT molecular complexity index is 510. The Labute approximate surface area is 118 Å². The van der Waals surface area contributed by atoms with E-state index in [1.165, 1.54) is 5.56 Å². The molecule has 19 heavy (non-hydrogen) atoms. The van der Waals surface area contributed by atoms with E-state index < -0.39 is 0 Å². The summed E-state index contributed by atoms with van der Waals surface area (Å²) in [6.45, 7) is 3.57. The Kier molecular flexibility index (Phi) is 4.93. The van der Waals surface area contributed by atoms with Crippen molar-refractivity contribution in [2.24, 2.45) is 0 Å². The fraction of sp³-hybridized carbons (Fsp3) is 0.429. The maximum Gasteiger partial charge on any atom is 0.240 e. The summed E-state index contributed by atoms with van der Waals surface area (Å²) >= 11 is 5.86.